The summed E-state index contributed by atoms with van der Waals surface area (Å²) in [4.78, 5) is 10.4. The van der Waals surface area contributed by atoms with E-state index >= 15 is 0 Å². The molecule has 0 aromatic rings. The molecule has 74 valence electrons. The van der Waals surface area contributed by atoms with Crippen LogP contribution in [0.2, 0.25) is 0 Å². The Labute approximate surface area is 104 Å². The Balaban J connectivity index is 0. The zero-order valence-electron chi connectivity index (χ0n) is 8.27. The number of ether oxygens (including phenoxy) is 1. The maximum atomic E-state index is 10.4. The molecule has 0 fully saturated rings. The van der Waals surface area contributed by atoms with E-state index in [0.717, 1.165) is 6.42 Å². The van der Waals surface area contributed by atoms with Gasteiger partial charge in [-0.25, -0.2) is 0 Å². The van der Waals surface area contributed by atoms with Gasteiger partial charge in [0.1, 0.15) is 0 Å². The average molecular weight is 196 g/mol. The van der Waals surface area contributed by atoms with Gasteiger partial charge in [0.25, 0.3) is 0 Å². The molecule has 0 atom stereocenters. The van der Waals surface area contributed by atoms with Gasteiger partial charge in [-0.15, -0.1) is 0 Å². The van der Waals surface area contributed by atoms with Crippen LogP contribution in [0.5, 0.6) is 0 Å². The molecule has 0 aliphatic rings. The van der Waals surface area contributed by atoms with Crippen molar-refractivity contribution >= 4 is 35.5 Å². The van der Waals surface area contributed by atoms with Crippen molar-refractivity contribution in [2.75, 3.05) is 6.61 Å². The van der Waals surface area contributed by atoms with Crippen LogP contribution >= 0.6 is 0 Å². The average Bonchev–Trinajstić information content (AvgIpc) is 2.02. The van der Waals surface area contributed by atoms with Crippen LogP contribution in [0.15, 0.2) is 0 Å². The van der Waals surface area contributed by atoms with Gasteiger partial charge in [0.05, 0.1) is 6.61 Å². The van der Waals surface area contributed by atoms with Crippen LogP contribution in [-0.2, 0) is 9.53 Å². The fourth-order valence-corrected chi connectivity index (χ4v) is 1.10. The molecule has 0 bridgehead atoms. The number of carbonyl (C=O) groups excluding carboxylic acids is 1. The van der Waals surface area contributed by atoms with Gasteiger partial charge in [0, 0.05) is 6.92 Å². The zero-order chi connectivity index (χ0) is 9.23. The third-order valence-electron chi connectivity index (χ3n) is 1.80. The Kier molecular flexibility index (Phi) is 15.3. The third kappa shape index (κ3) is 15.2. The summed E-state index contributed by atoms with van der Waals surface area (Å²) in [6.45, 7) is 4.26. The van der Waals surface area contributed by atoms with Crippen molar-refractivity contribution < 1.29 is 9.53 Å². The maximum absolute atomic E-state index is 10.4. The van der Waals surface area contributed by atoms with Crippen molar-refractivity contribution in [3.05, 3.63) is 0 Å². The Morgan fingerprint density at radius 2 is 1.62 bits per heavy atom. The van der Waals surface area contributed by atoms with E-state index in [0.29, 0.717) is 6.61 Å². The molecule has 0 amide bonds. The number of hydrogen-bond donors (Lipinski definition) is 0. The summed E-state index contributed by atoms with van der Waals surface area (Å²) in [5.74, 6) is -0.163. The van der Waals surface area contributed by atoms with Gasteiger partial charge in [0.15, 0.2) is 0 Å². The summed E-state index contributed by atoms with van der Waals surface area (Å²) in [6, 6.07) is 0. The molecule has 0 saturated carbocycles. The Morgan fingerprint density at radius 3 is 2.15 bits per heavy atom. The van der Waals surface area contributed by atoms with Crippen molar-refractivity contribution in [2.45, 2.75) is 52.4 Å². The molecule has 0 aromatic carbocycles. The molecule has 0 spiro atoms. The van der Waals surface area contributed by atoms with Crippen LogP contribution in [0, 0.1) is 0 Å². The minimum atomic E-state index is -0.163. The molecule has 0 aromatic heterocycles. The first kappa shape index (κ1) is 15.9. The quantitative estimate of drug-likeness (QED) is 0.354. The van der Waals surface area contributed by atoms with E-state index < -0.39 is 0 Å². The minimum absolute atomic E-state index is 0. The predicted octanol–water partition coefficient (Wildman–Crippen LogP) is 2.26. The number of hydrogen-bond acceptors (Lipinski definition) is 2. The van der Waals surface area contributed by atoms with Crippen molar-refractivity contribution in [2.24, 2.45) is 0 Å². The summed E-state index contributed by atoms with van der Waals surface area (Å²) in [5.41, 5.74) is 0. The second-order valence-corrected chi connectivity index (χ2v) is 3.11. The molecule has 0 heterocycles. The van der Waals surface area contributed by atoms with E-state index in [4.69, 9.17) is 4.74 Å². The predicted molar refractivity (Wildman–Crippen MR) is 57.2 cm³/mol. The SMILES string of the molecule is CCCCCCCCOC(C)=O.[NaH]. The molecule has 0 saturated heterocycles. The first-order valence-electron chi connectivity index (χ1n) is 4.90. The van der Waals surface area contributed by atoms with E-state index in [9.17, 15) is 4.79 Å². The van der Waals surface area contributed by atoms with Gasteiger partial charge < -0.3 is 4.74 Å². The van der Waals surface area contributed by atoms with Gasteiger partial charge >= 0.3 is 35.5 Å². The summed E-state index contributed by atoms with van der Waals surface area (Å²) >= 11 is 0. The van der Waals surface area contributed by atoms with Crippen molar-refractivity contribution in [1.82, 2.24) is 0 Å². The molecule has 0 radical (unpaired) electrons. The summed E-state index contributed by atoms with van der Waals surface area (Å²) in [7, 11) is 0. The number of carbonyl (C=O) groups is 1. The molecular formula is C10H21NaO2. The van der Waals surface area contributed by atoms with Gasteiger partial charge in [-0.3, -0.25) is 4.79 Å². The zero-order valence-corrected chi connectivity index (χ0v) is 8.27. The molecule has 0 N–H and O–H groups in total. The van der Waals surface area contributed by atoms with E-state index in [-0.39, 0.29) is 35.5 Å². The van der Waals surface area contributed by atoms with Crippen LogP contribution in [0.25, 0.3) is 0 Å². The molecule has 0 aliphatic heterocycles. The summed E-state index contributed by atoms with van der Waals surface area (Å²) in [5, 5.41) is 0. The van der Waals surface area contributed by atoms with Crippen molar-refractivity contribution in [3.63, 3.8) is 0 Å². The molecule has 0 rings (SSSR count). The fourth-order valence-electron chi connectivity index (χ4n) is 1.10. The van der Waals surface area contributed by atoms with Crippen LogP contribution < -0.4 is 0 Å². The van der Waals surface area contributed by atoms with E-state index in [1.165, 1.54) is 39.0 Å². The monoisotopic (exact) mass is 196 g/mol. The number of unbranched alkanes of at least 4 members (excludes halogenated alkanes) is 5. The molecule has 0 unspecified atom stereocenters. The van der Waals surface area contributed by atoms with Crippen LogP contribution in [0.1, 0.15) is 52.4 Å². The molecular weight excluding hydrogens is 175 g/mol. The van der Waals surface area contributed by atoms with E-state index in [2.05, 4.69) is 6.92 Å². The molecule has 0 aliphatic carbocycles. The molecule has 13 heavy (non-hydrogen) atoms. The number of esters is 1. The number of rotatable bonds is 7. The summed E-state index contributed by atoms with van der Waals surface area (Å²) in [6.07, 6.45) is 7.40. The fraction of sp³-hybridized carbons (Fsp3) is 0.900. The van der Waals surface area contributed by atoms with Crippen molar-refractivity contribution in [1.29, 1.82) is 0 Å². The second-order valence-electron chi connectivity index (χ2n) is 3.11. The van der Waals surface area contributed by atoms with Crippen LogP contribution in [0.3, 0.4) is 0 Å². The van der Waals surface area contributed by atoms with Gasteiger partial charge in [-0.05, 0) is 6.42 Å². The third-order valence-corrected chi connectivity index (χ3v) is 1.80. The van der Waals surface area contributed by atoms with Crippen LogP contribution in [0.4, 0.5) is 0 Å². The van der Waals surface area contributed by atoms with Gasteiger partial charge in [-0.2, -0.15) is 0 Å². The Hall–Kier alpha value is 0.470. The van der Waals surface area contributed by atoms with Crippen molar-refractivity contribution in [3.8, 4) is 0 Å². The van der Waals surface area contributed by atoms with E-state index in [1.54, 1.807) is 0 Å². The second kappa shape index (κ2) is 12.5. The first-order valence-corrected chi connectivity index (χ1v) is 4.90. The van der Waals surface area contributed by atoms with Gasteiger partial charge in [-0.1, -0.05) is 39.0 Å². The Morgan fingerprint density at radius 1 is 1.08 bits per heavy atom. The summed E-state index contributed by atoms with van der Waals surface area (Å²) < 4.78 is 4.81. The normalized spacial score (nSPS) is 9.08. The van der Waals surface area contributed by atoms with Crippen LogP contribution in [-0.4, -0.2) is 42.1 Å². The molecule has 2 nitrogen and oxygen atoms in total. The first-order chi connectivity index (χ1) is 5.77. The molecule has 3 heteroatoms. The topological polar surface area (TPSA) is 26.3 Å². The van der Waals surface area contributed by atoms with E-state index in [1.807, 2.05) is 0 Å². The van der Waals surface area contributed by atoms with Gasteiger partial charge in [0.2, 0.25) is 0 Å². The Bertz CT molecular complexity index is 115. The standard InChI is InChI=1S/C10H20O2.Na.H/c1-3-4-5-6-7-8-9-12-10(2)11;;/h3-9H2,1-2H3;;.